The fraction of sp³-hybridized carbons (Fsp3) is 0.688. The summed E-state index contributed by atoms with van der Waals surface area (Å²) in [6.07, 6.45) is 11.2. The van der Waals surface area contributed by atoms with Crippen molar-refractivity contribution >= 4 is 5.97 Å². The Balaban J connectivity index is 2.14. The molecule has 2 heterocycles. The lowest BCUT2D eigenvalue weighted by Gasteiger charge is -2.28. The molecule has 2 aliphatic heterocycles. The van der Waals surface area contributed by atoms with Crippen LogP contribution in [0, 0.1) is 5.92 Å². The Labute approximate surface area is 116 Å². The number of rotatable bonds is 6. The van der Waals surface area contributed by atoms with Crippen molar-refractivity contribution in [2.75, 3.05) is 13.2 Å². The molecular formula is C16H25NO2. The normalized spacial score (nSPS) is 21.8. The zero-order valence-electron chi connectivity index (χ0n) is 12.2. The van der Waals surface area contributed by atoms with E-state index in [1.165, 1.54) is 25.0 Å². The van der Waals surface area contributed by atoms with E-state index < -0.39 is 0 Å². The molecule has 0 aromatic heterocycles. The van der Waals surface area contributed by atoms with Crippen molar-refractivity contribution in [2.45, 2.75) is 52.4 Å². The molecule has 1 atom stereocenters. The summed E-state index contributed by atoms with van der Waals surface area (Å²) >= 11 is 0. The van der Waals surface area contributed by atoms with Gasteiger partial charge in [-0.1, -0.05) is 32.3 Å². The van der Waals surface area contributed by atoms with Crippen molar-refractivity contribution in [3.8, 4) is 0 Å². The largest absolute Gasteiger partial charge is 0.463 e. The second-order valence-corrected chi connectivity index (χ2v) is 5.32. The molecule has 0 amide bonds. The summed E-state index contributed by atoms with van der Waals surface area (Å²) in [6.45, 7) is 5.58. The van der Waals surface area contributed by atoms with Crippen molar-refractivity contribution in [3.63, 3.8) is 0 Å². The number of unbranched alkanes of at least 4 members (excludes halogenated alkanes) is 2. The quantitative estimate of drug-likeness (QED) is 0.541. The summed E-state index contributed by atoms with van der Waals surface area (Å²) < 4.78 is 5.27. The van der Waals surface area contributed by atoms with Crippen molar-refractivity contribution in [1.82, 2.24) is 4.90 Å². The average molecular weight is 263 g/mol. The van der Waals surface area contributed by atoms with E-state index in [2.05, 4.69) is 24.1 Å². The Hall–Kier alpha value is -1.25. The number of nitrogens with zero attached hydrogens (tertiary/aromatic N) is 1. The van der Waals surface area contributed by atoms with Gasteiger partial charge in [0.1, 0.15) is 0 Å². The summed E-state index contributed by atoms with van der Waals surface area (Å²) in [5.74, 6) is 0.158. The number of esters is 1. The van der Waals surface area contributed by atoms with Gasteiger partial charge in [-0.15, -0.1) is 0 Å². The Morgan fingerprint density at radius 2 is 2.26 bits per heavy atom. The van der Waals surface area contributed by atoms with Gasteiger partial charge in [0.15, 0.2) is 0 Å². The van der Waals surface area contributed by atoms with Crippen LogP contribution in [0.4, 0.5) is 0 Å². The van der Waals surface area contributed by atoms with E-state index in [0.29, 0.717) is 6.61 Å². The van der Waals surface area contributed by atoms with Crippen LogP contribution >= 0.6 is 0 Å². The zero-order chi connectivity index (χ0) is 13.7. The van der Waals surface area contributed by atoms with Crippen molar-refractivity contribution < 1.29 is 9.53 Å². The van der Waals surface area contributed by atoms with Crippen molar-refractivity contribution in [2.24, 2.45) is 5.92 Å². The Kier molecular flexibility index (Phi) is 5.06. The van der Waals surface area contributed by atoms with E-state index in [1.54, 1.807) is 0 Å². The minimum absolute atomic E-state index is 0.102. The summed E-state index contributed by atoms with van der Waals surface area (Å²) in [5.41, 5.74) is 2.14. The van der Waals surface area contributed by atoms with Gasteiger partial charge in [0.2, 0.25) is 0 Å². The molecule has 0 radical (unpaired) electrons. The minimum atomic E-state index is -0.102. The fourth-order valence-electron chi connectivity index (χ4n) is 3.00. The highest BCUT2D eigenvalue weighted by molar-refractivity contribution is 5.90. The van der Waals surface area contributed by atoms with E-state index in [9.17, 15) is 4.79 Å². The van der Waals surface area contributed by atoms with Crippen LogP contribution in [-0.2, 0) is 9.53 Å². The van der Waals surface area contributed by atoms with E-state index in [-0.39, 0.29) is 11.9 Å². The molecule has 0 N–H and O–H groups in total. The lowest BCUT2D eigenvalue weighted by atomic mass is 9.89. The monoisotopic (exact) mass is 263 g/mol. The molecule has 0 aromatic rings. The Morgan fingerprint density at radius 3 is 3.00 bits per heavy atom. The molecule has 106 valence electrons. The van der Waals surface area contributed by atoms with Gasteiger partial charge in [-0.25, -0.2) is 4.79 Å². The third-order valence-corrected chi connectivity index (χ3v) is 3.95. The first-order valence-corrected chi connectivity index (χ1v) is 7.63. The standard InChI is InChI=1S/C16H25NO2/c1-3-5-6-8-13-10-12-17-11-7-9-14(17)15(13)16(18)19-4-2/h10,12-13H,3-9,11H2,1-2H3. The lowest BCUT2D eigenvalue weighted by molar-refractivity contribution is -0.139. The highest BCUT2D eigenvalue weighted by Crippen LogP contribution is 2.35. The molecule has 2 rings (SSSR count). The van der Waals surface area contributed by atoms with Gasteiger partial charge in [-0.2, -0.15) is 0 Å². The topological polar surface area (TPSA) is 29.5 Å². The number of allylic oxidation sites excluding steroid dienone is 2. The minimum Gasteiger partial charge on any atom is -0.463 e. The SMILES string of the molecule is CCCCCC1C=CN2CCCC2=C1C(=O)OCC. The molecule has 0 aromatic carbocycles. The molecular weight excluding hydrogens is 238 g/mol. The van der Waals surface area contributed by atoms with Gasteiger partial charge in [0.25, 0.3) is 0 Å². The molecule has 0 aliphatic carbocycles. The van der Waals surface area contributed by atoms with Gasteiger partial charge in [0.05, 0.1) is 12.2 Å². The zero-order valence-corrected chi connectivity index (χ0v) is 12.2. The molecule has 3 nitrogen and oxygen atoms in total. The Bertz CT molecular complexity index is 384. The van der Waals surface area contributed by atoms with Gasteiger partial charge < -0.3 is 9.64 Å². The highest BCUT2D eigenvalue weighted by Gasteiger charge is 2.31. The number of ether oxygens (including phenoxy) is 1. The predicted molar refractivity (Wildman–Crippen MR) is 76.4 cm³/mol. The van der Waals surface area contributed by atoms with E-state index in [1.807, 2.05) is 6.92 Å². The number of carbonyl (C=O) groups is 1. The van der Waals surface area contributed by atoms with E-state index in [4.69, 9.17) is 4.74 Å². The summed E-state index contributed by atoms with van der Waals surface area (Å²) in [5, 5.41) is 0. The maximum atomic E-state index is 12.2. The molecule has 3 heteroatoms. The van der Waals surface area contributed by atoms with Crippen LogP contribution < -0.4 is 0 Å². The third-order valence-electron chi connectivity index (χ3n) is 3.95. The molecule has 2 aliphatic rings. The summed E-state index contributed by atoms with van der Waals surface area (Å²) in [7, 11) is 0. The lowest BCUT2D eigenvalue weighted by Crippen LogP contribution is -2.25. The van der Waals surface area contributed by atoms with Gasteiger partial charge in [-0.3, -0.25) is 0 Å². The highest BCUT2D eigenvalue weighted by atomic mass is 16.5. The fourth-order valence-corrected chi connectivity index (χ4v) is 3.00. The van der Waals surface area contributed by atoms with Crippen molar-refractivity contribution in [1.29, 1.82) is 0 Å². The second-order valence-electron chi connectivity index (χ2n) is 5.32. The van der Waals surface area contributed by atoms with Crippen molar-refractivity contribution in [3.05, 3.63) is 23.5 Å². The summed E-state index contributed by atoms with van der Waals surface area (Å²) in [6, 6.07) is 0. The maximum absolute atomic E-state index is 12.2. The smallest absolute Gasteiger partial charge is 0.336 e. The molecule has 1 saturated heterocycles. The first-order chi connectivity index (χ1) is 9.27. The second kappa shape index (κ2) is 6.78. The van der Waals surface area contributed by atoms with Gasteiger partial charge >= 0.3 is 5.97 Å². The van der Waals surface area contributed by atoms with E-state index in [0.717, 1.165) is 31.4 Å². The first kappa shape index (κ1) is 14.2. The number of carbonyl (C=O) groups excluding carboxylic acids is 1. The first-order valence-electron chi connectivity index (χ1n) is 7.63. The van der Waals surface area contributed by atoms with Gasteiger partial charge in [-0.05, 0) is 26.2 Å². The molecule has 1 unspecified atom stereocenters. The molecule has 0 saturated carbocycles. The van der Waals surface area contributed by atoms with Crippen LogP contribution in [-0.4, -0.2) is 24.0 Å². The van der Waals surface area contributed by atoms with Crippen LogP contribution in [0.25, 0.3) is 0 Å². The van der Waals surface area contributed by atoms with Crippen LogP contribution in [0.1, 0.15) is 52.4 Å². The number of hydrogen-bond donors (Lipinski definition) is 0. The molecule has 1 fully saturated rings. The van der Waals surface area contributed by atoms with Crippen LogP contribution in [0.15, 0.2) is 23.5 Å². The number of fused-ring (bicyclic) bond motifs is 1. The van der Waals surface area contributed by atoms with Crippen LogP contribution in [0.5, 0.6) is 0 Å². The maximum Gasteiger partial charge on any atom is 0.336 e. The predicted octanol–water partition coefficient (Wildman–Crippen LogP) is 3.62. The molecule has 0 bridgehead atoms. The van der Waals surface area contributed by atoms with Crippen LogP contribution in [0.2, 0.25) is 0 Å². The van der Waals surface area contributed by atoms with Gasteiger partial charge in [0, 0.05) is 24.4 Å². The number of hydrogen-bond acceptors (Lipinski definition) is 3. The molecule has 19 heavy (non-hydrogen) atoms. The average Bonchev–Trinajstić information content (AvgIpc) is 2.87. The third kappa shape index (κ3) is 3.20. The van der Waals surface area contributed by atoms with E-state index >= 15 is 0 Å². The Morgan fingerprint density at radius 1 is 1.42 bits per heavy atom. The molecule has 0 spiro atoms. The van der Waals surface area contributed by atoms with Crippen LogP contribution in [0.3, 0.4) is 0 Å². The summed E-state index contributed by atoms with van der Waals surface area (Å²) in [4.78, 5) is 14.5.